The molecule has 4 nitrogen and oxygen atoms in total. The summed E-state index contributed by atoms with van der Waals surface area (Å²) in [4.78, 5) is 23.1. The van der Waals surface area contributed by atoms with E-state index >= 15 is 0 Å². The van der Waals surface area contributed by atoms with E-state index in [4.69, 9.17) is 4.74 Å². The van der Waals surface area contributed by atoms with Crippen LogP contribution >= 0.6 is 0 Å². The van der Waals surface area contributed by atoms with Gasteiger partial charge in [0.05, 0.1) is 12.2 Å². The Hall–Kier alpha value is -1.26. The van der Waals surface area contributed by atoms with Crippen LogP contribution < -0.4 is 0 Å². The number of aliphatic hydroxyl groups excluding tert-OH is 1. The van der Waals surface area contributed by atoms with Gasteiger partial charge in [0.2, 0.25) is 0 Å². The second-order valence-corrected chi connectivity index (χ2v) is 3.82. The normalized spacial score (nSPS) is 35.8. The van der Waals surface area contributed by atoms with E-state index in [9.17, 15) is 14.7 Å². The van der Waals surface area contributed by atoms with E-state index in [1.807, 2.05) is 0 Å². The molecule has 0 spiro atoms. The lowest BCUT2D eigenvalue weighted by atomic mass is 9.84. The molecule has 0 aromatic heterocycles. The molecule has 3 atom stereocenters. The van der Waals surface area contributed by atoms with Gasteiger partial charge in [-0.1, -0.05) is 0 Å². The maximum Gasteiger partial charge on any atom is 0.185 e. The minimum absolute atomic E-state index is 0.203. The number of allylic oxidation sites excluding steroid dienone is 2. The Morgan fingerprint density at radius 2 is 1.67 bits per heavy atom. The molecule has 0 unspecified atom stereocenters. The van der Waals surface area contributed by atoms with Gasteiger partial charge >= 0.3 is 0 Å². The van der Waals surface area contributed by atoms with Crippen molar-refractivity contribution in [2.45, 2.75) is 32.2 Å². The monoisotopic (exact) mass is 208 g/mol. The summed E-state index contributed by atoms with van der Waals surface area (Å²) in [6.07, 6.45) is 0.540. The molecular formula is C11H12O4. The Kier molecular flexibility index (Phi) is 2.32. The van der Waals surface area contributed by atoms with Crippen molar-refractivity contribution >= 4 is 11.6 Å². The first-order valence-electron chi connectivity index (χ1n) is 4.86. The van der Waals surface area contributed by atoms with Gasteiger partial charge in [0.1, 0.15) is 6.10 Å². The molecule has 1 aliphatic carbocycles. The summed E-state index contributed by atoms with van der Waals surface area (Å²) in [6.45, 7) is 3.39. The van der Waals surface area contributed by atoms with Gasteiger partial charge in [-0.05, 0) is 26.0 Å². The lowest BCUT2D eigenvalue weighted by Crippen LogP contribution is -2.43. The van der Waals surface area contributed by atoms with Crippen LogP contribution in [0.2, 0.25) is 0 Å². The van der Waals surface area contributed by atoms with Crippen molar-refractivity contribution in [3.05, 3.63) is 23.3 Å². The van der Waals surface area contributed by atoms with Crippen molar-refractivity contribution in [2.24, 2.45) is 0 Å². The quantitative estimate of drug-likeness (QED) is 0.576. The van der Waals surface area contributed by atoms with E-state index in [0.29, 0.717) is 5.57 Å². The van der Waals surface area contributed by atoms with Gasteiger partial charge in [-0.25, -0.2) is 0 Å². The van der Waals surface area contributed by atoms with Crippen molar-refractivity contribution in [3.8, 4) is 0 Å². The second kappa shape index (κ2) is 3.40. The average molecular weight is 208 g/mol. The zero-order valence-corrected chi connectivity index (χ0v) is 8.56. The molecule has 0 radical (unpaired) electrons. The molecule has 0 aromatic rings. The molecule has 0 aromatic carbocycles. The first kappa shape index (κ1) is 10.3. The number of hydrogen-bond donors (Lipinski definition) is 1. The van der Waals surface area contributed by atoms with Crippen molar-refractivity contribution in [1.29, 1.82) is 0 Å². The molecule has 2 aliphatic rings. The molecule has 1 aliphatic heterocycles. The van der Waals surface area contributed by atoms with Crippen molar-refractivity contribution in [1.82, 2.24) is 0 Å². The maximum atomic E-state index is 11.6. The maximum absolute atomic E-state index is 11.6. The molecule has 0 saturated carbocycles. The number of ether oxygens (including phenoxy) is 1. The largest absolute Gasteiger partial charge is 0.386 e. The van der Waals surface area contributed by atoms with E-state index < -0.39 is 18.3 Å². The molecule has 15 heavy (non-hydrogen) atoms. The summed E-state index contributed by atoms with van der Waals surface area (Å²) in [5.74, 6) is -0.540. The standard InChI is InChI=1S/C11H12O4/c1-5-9-7(12)3-4-8(13)10(9)11(14)6(2)15-5/h3-6,11,14H,1-2H3/t5-,6-,11+/m0/s1. The van der Waals surface area contributed by atoms with Crippen molar-refractivity contribution in [2.75, 3.05) is 0 Å². The van der Waals surface area contributed by atoms with Crippen molar-refractivity contribution in [3.63, 3.8) is 0 Å². The topological polar surface area (TPSA) is 63.6 Å². The highest BCUT2D eigenvalue weighted by atomic mass is 16.5. The third-order valence-electron chi connectivity index (χ3n) is 2.77. The summed E-state index contributed by atoms with van der Waals surface area (Å²) < 4.78 is 5.37. The molecule has 0 saturated heterocycles. The molecule has 4 heteroatoms. The third kappa shape index (κ3) is 1.46. The van der Waals surface area contributed by atoms with Crippen LogP contribution in [0.15, 0.2) is 23.3 Å². The zero-order chi connectivity index (χ0) is 11.2. The Morgan fingerprint density at radius 3 is 2.27 bits per heavy atom. The van der Waals surface area contributed by atoms with Crippen LogP contribution in [0.3, 0.4) is 0 Å². The predicted octanol–water partition coefficient (Wildman–Crippen LogP) is 0.159. The van der Waals surface area contributed by atoms with Crippen LogP contribution in [0, 0.1) is 0 Å². The number of ketones is 2. The van der Waals surface area contributed by atoms with Crippen molar-refractivity contribution < 1.29 is 19.4 Å². The highest BCUT2D eigenvalue weighted by Gasteiger charge is 2.39. The molecule has 2 rings (SSSR count). The molecule has 0 amide bonds. The number of rotatable bonds is 0. The highest BCUT2D eigenvalue weighted by molar-refractivity contribution is 6.21. The first-order valence-corrected chi connectivity index (χ1v) is 4.86. The summed E-state index contributed by atoms with van der Waals surface area (Å²) in [6, 6.07) is 0. The second-order valence-electron chi connectivity index (χ2n) is 3.82. The number of hydrogen-bond acceptors (Lipinski definition) is 4. The molecule has 1 N–H and O–H groups in total. The van der Waals surface area contributed by atoms with Crippen LogP contribution in [-0.2, 0) is 14.3 Å². The zero-order valence-electron chi connectivity index (χ0n) is 8.56. The van der Waals surface area contributed by atoms with Crippen LogP contribution in [0.4, 0.5) is 0 Å². The smallest absolute Gasteiger partial charge is 0.185 e. The minimum Gasteiger partial charge on any atom is -0.386 e. The third-order valence-corrected chi connectivity index (χ3v) is 2.77. The van der Waals surface area contributed by atoms with Gasteiger partial charge in [-0.2, -0.15) is 0 Å². The predicted molar refractivity (Wildman–Crippen MR) is 52.2 cm³/mol. The molecule has 0 fully saturated rings. The van der Waals surface area contributed by atoms with E-state index in [1.54, 1.807) is 13.8 Å². The Morgan fingerprint density at radius 1 is 1.13 bits per heavy atom. The Bertz CT molecular complexity index is 391. The summed E-state index contributed by atoms with van der Waals surface area (Å²) in [5.41, 5.74) is 0.502. The molecule has 80 valence electrons. The van der Waals surface area contributed by atoms with Gasteiger partial charge in [0.15, 0.2) is 11.6 Å². The lowest BCUT2D eigenvalue weighted by molar-refractivity contribution is -0.122. The first-order chi connectivity index (χ1) is 7.02. The van der Waals surface area contributed by atoms with Gasteiger partial charge in [-0.15, -0.1) is 0 Å². The van der Waals surface area contributed by atoms with Gasteiger partial charge in [0, 0.05) is 11.1 Å². The fourth-order valence-corrected chi connectivity index (χ4v) is 2.02. The van der Waals surface area contributed by atoms with E-state index in [-0.39, 0.29) is 17.1 Å². The SMILES string of the molecule is C[C@@H]1O[C@@H](C)[C@@H](O)C2=C1C(=O)C=CC2=O. The fraction of sp³-hybridized carbons (Fsp3) is 0.455. The summed E-state index contributed by atoms with van der Waals surface area (Å²) >= 11 is 0. The number of carbonyl (C=O) groups is 2. The minimum atomic E-state index is -1.00. The Labute approximate surface area is 87.2 Å². The molecule has 1 heterocycles. The highest BCUT2D eigenvalue weighted by Crippen LogP contribution is 2.30. The van der Waals surface area contributed by atoms with E-state index in [0.717, 1.165) is 0 Å². The fourth-order valence-electron chi connectivity index (χ4n) is 2.02. The van der Waals surface area contributed by atoms with E-state index in [2.05, 4.69) is 0 Å². The lowest BCUT2D eigenvalue weighted by Gasteiger charge is -2.34. The van der Waals surface area contributed by atoms with Gasteiger partial charge in [0.25, 0.3) is 0 Å². The summed E-state index contributed by atoms with van der Waals surface area (Å²) in [5, 5.41) is 9.79. The van der Waals surface area contributed by atoms with Gasteiger partial charge < -0.3 is 9.84 Å². The van der Waals surface area contributed by atoms with E-state index in [1.165, 1.54) is 12.2 Å². The van der Waals surface area contributed by atoms with Crippen LogP contribution in [0.1, 0.15) is 13.8 Å². The van der Waals surface area contributed by atoms with Gasteiger partial charge in [-0.3, -0.25) is 9.59 Å². The molecule has 0 bridgehead atoms. The molecular weight excluding hydrogens is 196 g/mol. The van der Waals surface area contributed by atoms with Crippen LogP contribution in [-0.4, -0.2) is 35.0 Å². The number of carbonyl (C=O) groups excluding carboxylic acids is 2. The average Bonchev–Trinajstić information content (AvgIpc) is 2.18. The summed E-state index contributed by atoms with van der Waals surface area (Å²) in [7, 11) is 0. The Balaban J connectivity index is 2.54. The van der Waals surface area contributed by atoms with Crippen LogP contribution in [0.5, 0.6) is 0 Å². The van der Waals surface area contributed by atoms with Crippen LogP contribution in [0.25, 0.3) is 0 Å². The number of aliphatic hydroxyl groups is 1.